The van der Waals surface area contributed by atoms with Gasteiger partial charge in [0.1, 0.15) is 5.75 Å². The molecule has 0 spiro atoms. The van der Waals surface area contributed by atoms with Crippen molar-refractivity contribution in [2.24, 2.45) is 11.3 Å². The van der Waals surface area contributed by atoms with Crippen LogP contribution in [0.1, 0.15) is 29.8 Å². The van der Waals surface area contributed by atoms with Crippen LogP contribution in [0.2, 0.25) is 0 Å². The van der Waals surface area contributed by atoms with Crippen LogP contribution in [-0.2, 0) is 4.79 Å². The van der Waals surface area contributed by atoms with Gasteiger partial charge in [0.25, 0.3) is 5.91 Å². The van der Waals surface area contributed by atoms with E-state index < -0.39 is 11.4 Å². The van der Waals surface area contributed by atoms with Crippen LogP contribution >= 0.6 is 0 Å². The molecule has 0 unspecified atom stereocenters. The molecule has 4 rings (SSSR count). The summed E-state index contributed by atoms with van der Waals surface area (Å²) in [6, 6.07) is 9.06. The topological polar surface area (TPSA) is 84.7 Å². The van der Waals surface area contributed by atoms with E-state index in [1.807, 2.05) is 24.3 Å². The average molecular weight is 355 g/mol. The van der Waals surface area contributed by atoms with Gasteiger partial charge in [-0.25, -0.2) is 4.68 Å². The lowest BCUT2D eigenvalue weighted by Crippen LogP contribution is -2.37. The van der Waals surface area contributed by atoms with Gasteiger partial charge in [-0.1, -0.05) is 6.42 Å². The summed E-state index contributed by atoms with van der Waals surface area (Å²) in [5.41, 5.74) is 0.389. The molecule has 1 aromatic carbocycles. The van der Waals surface area contributed by atoms with Crippen LogP contribution in [0.15, 0.2) is 36.5 Å². The molecule has 1 aliphatic heterocycles. The van der Waals surface area contributed by atoms with Gasteiger partial charge < -0.3 is 14.7 Å². The van der Waals surface area contributed by atoms with Crippen LogP contribution in [0.5, 0.6) is 5.75 Å². The van der Waals surface area contributed by atoms with E-state index in [0.717, 1.165) is 24.3 Å². The fraction of sp³-hybridized carbons (Fsp3) is 0.421. The predicted molar refractivity (Wildman–Crippen MR) is 93.4 cm³/mol. The van der Waals surface area contributed by atoms with Gasteiger partial charge in [0, 0.05) is 19.3 Å². The smallest absolute Gasteiger partial charge is 0.311 e. The van der Waals surface area contributed by atoms with Crippen LogP contribution in [0, 0.1) is 11.3 Å². The van der Waals surface area contributed by atoms with Gasteiger partial charge in [-0.15, -0.1) is 0 Å². The quantitative estimate of drug-likeness (QED) is 0.909. The van der Waals surface area contributed by atoms with E-state index in [9.17, 15) is 14.7 Å². The SMILES string of the molecule is COc1ccc(-n2ccc(C(=O)N3C[C@@H]4CCC[C@@]4(C(=O)O)C3)n2)cc1. The minimum atomic E-state index is -0.779. The summed E-state index contributed by atoms with van der Waals surface area (Å²) in [6.45, 7) is 0.780. The standard InChI is InChI=1S/C19H21N3O4/c1-26-15-6-4-14(5-7-15)22-10-8-16(20-22)17(23)21-11-13-3-2-9-19(13,12-21)18(24)25/h4-8,10,13H,2-3,9,11-12H2,1H3,(H,24,25)/t13-,19+/m0/s1. The number of fused-ring (bicyclic) bond motifs is 1. The molecule has 2 atom stereocenters. The van der Waals surface area contributed by atoms with Crippen molar-refractivity contribution in [2.75, 3.05) is 20.2 Å². The number of ether oxygens (including phenoxy) is 1. The molecule has 0 bridgehead atoms. The zero-order valence-corrected chi connectivity index (χ0v) is 14.6. The zero-order valence-electron chi connectivity index (χ0n) is 14.6. The summed E-state index contributed by atoms with van der Waals surface area (Å²) in [7, 11) is 1.61. The second-order valence-corrected chi connectivity index (χ2v) is 7.08. The number of carboxylic acids is 1. The Morgan fingerprint density at radius 3 is 2.69 bits per heavy atom. The first-order chi connectivity index (χ1) is 12.5. The third-order valence-corrected chi connectivity index (χ3v) is 5.73. The lowest BCUT2D eigenvalue weighted by Gasteiger charge is -2.23. The van der Waals surface area contributed by atoms with Crippen molar-refractivity contribution in [2.45, 2.75) is 19.3 Å². The first kappa shape index (κ1) is 16.6. The highest BCUT2D eigenvalue weighted by Crippen LogP contribution is 2.49. The predicted octanol–water partition coefficient (Wildman–Crippen LogP) is 2.21. The Balaban J connectivity index is 1.53. The highest BCUT2D eigenvalue weighted by atomic mass is 16.5. The largest absolute Gasteiger partial charge is 0.497 e. The molecular formula is C19H21N3O4. The number of hydrogen-bond acceptors (Lipinski definition) is 4. The minimum Gasteiger partial charge on any atom is -0.497 e. The van der Waals surface area contributed by atoms with E-state index in [2.05, 4.69) is 5.10 Å². The molecule has 2 aromatic rings. The van der Waals surface area contributed by atoms with Crippen molar-refractivity contribution in [3.05, 3.63) is 42.2 Å². The van der Waals surface area contributed by atoms with Crippen LogP contribution in [0.3, 0.4) is 0 Å². The molecule has 7 heteroatoms. The highest BCUT2D eigenvalue weighted by Gasteiger charge is 2.55. The molecule has 1 N–H and O–H groups in total. The van der Waals surface area contributed by atoms with Crippen molar-refractivity contribution >= 4 is 11.9 Å². The number of carbonyl (C=O) groups is 2. The normalized spacial score (nSPS) is 24.5. The van der Waals surface area contributed by atoms with Crippen LogP contribution < -0.4 is 4.74 Å². The molecule has 26 heavy (non-hydrogen) atoms. The summed E-state index contributed by atoms with van der Waals surface area (Å²) in [4.78, 5) is 26.3. The van der Waals surface area contributed by atoms with E-state index in [0.29, 0.717) is 18.7 Å². The lowest BCUT2D eigenvalue weighted by atomic mass is 9.81. The third-order valence-electron chi connectivity index (χ3n) is 5.73. The summed E-state index contributed by atoms with van der Waals surface area (Å²) in [6.07, 6.45) is 4.18. The van der Waals surface area contributed by atoms with Crippen molar-refractivity contribution in [3.8, 4) is 11.4 Å². The monoisotopic (exact) mass is 355 g/mol. The number of nitrogens with zero attached hydrogens (tertiary/aromatic N) is 3. The summed E-state index contributed by atoms with van der Waals surface area (Å²) < 4.78 is 6.78. The fourth-order valence-corrected chi connectivity index (χ4v) is 4.27. The van der Waals surface area contributed by atoms with Gasteiger partial charge >= 0.3 is 5.97 Å². The number of hydrogen-bond donors (Lipinski definition) is 1. The molecule has 1 saturated carbocycles. The molecule has 1 saturated heterocycles. The van der Waals surface area contributed by atoms with E-state index in [4.69, 9.17) is 4.74 Å². The second kappa shape index (κ2) is 6.16. The molecule has 1 aliphatic carbocycles. The second-order valence-electron chi connectivity index (χ2n) is 7.08. The maximum atomic E-state index is 12.8. The lowest BCUT2D eigenvalue weighted by molar-refractivity contribution is -0.149. The van der Waals surface area contributed by atoms with Crippen molar-refractivity contribution < 1.29 is 19.4 Å². The molecule has 136 valence electrons. The summed E-state index contributed by atoms with van der Waals surface area (Å²) in [5, 5.41) is 14.1. The maximum absolute atomic E-state index is 12.8. The Labute approximate surface area is 151 Å². The summed E-state index contributed by atoms with van der Waals surface area (Å²) >= 11 is 0. The molecule has 1 amide bonds. The first-order valence-corrected chi connectivity index (χ1v) is 8.76. The summed E-state index contributed by atoms with van der Waals surface area (Å²) in [5.74, 6) is -0.182. The van der Waals surface area contributed by atoms with Crippen molar-refractivity contribution in [3.63, 3.8) is 0 Å². The number of likely N-dealkylation sites (tertiary alicyclic amines) is 1. The van der Waals surface area contributed by atoms with Gasteiger partial charge in [-0.05, 0) is 49.1 Å². The number of aromatic nitrogens is 2. The van der Waals surface area contributed by atoms with Crippen molar-refractivity contribution in [1.29, 1.82) is 0 Å². The van der Waals surface area contributed by atoms with E-state index in [1.54, 1.807) is 29.0 Å². The molecular weight excluding hydrogens is 334 g/mol. The Morgan fingerprint density at radius 2 is 2.04 bits per heavy atom. The Bertz CT molecular complexity index is 845. The average Bonchev–Trinajstić information content (AvgIpc) is 3.35. The van der Waals surface area contributed by atoms with Crippen LogP contribution in [-0.4, -0.2) is 51.9 Å². The van der Waals surface area contributed by atoms with E-state index in [1.165, 1.54) is 0 Å². The Hall–Kier alpha value is -2.83. The molecule has 2 aliphatic rings. The minimum absolute atomic E-state index is 0.0487. The van der Waals surface area contributed by atoms with Crippen molar-refractivity contribution in [1.82, 2.24) is 14.7 Å². The van der Waals surface area contributed by atoms with Crippen LogP contribution in [0.4, 0.5) is 0 Å². The molecule has 0 radical (unpaired) electrons. The fourth-order valence-electron chi connectivity index (χ4n) is 4.27. The molecule has 7 nitrogen and oxygen atoms in total. The van der Waals surface area contributed by atoms with Gasteiger partial charge in [0.15, 0.2) is 5.69 Å². The Morgan fingerprint density at radius 1 is 1.27 bits per heavy atom. The van der Waals surface area contributed by atoms with Crippen LogP contribution in [0.25, 0.3) is 5.69 Å². The maximum Gasteiger partial charge on any atom is 0.311 e. The highest BCUT2D eigenvalue weighted by molar-refractivity contribution is 5.93. The molecule has 1 aromatic heterocycles. The third kappa shape index (κ3) is 2.55. The van der Waals surface area contributed by atoms with Gasteiger partial charge in [0.2, 0.25) is 0 Å². The Kier molecular flexibility index (Phi) is 3.94. The first-order valence-electron chi connectivity index (χ1n) is 8.76. The number of rotatable bonds is 4. The number of benzene rings is 1. The number of carbonyl (C=O) groups excluding carboxylic acids is 1. The number of amides is 1. The number of carboxylic acid groups (broad SMARTS) is 1. The van der Waals surface area contributed by atoms with E-state index >= 15 is 0 Å². The van der Waals surface area contributed by atoms with E-state index in [-0.39, 0.29) is 18.4 Å². The molecule has 2 fully saturated rings. The van der Waals surface area contributed by atoms with Gasteiger partial charge in [0.05, 0.1) is 18.2 Å². The number of aliphatic carboxylic acids is 1. The van der Waals surface area contributed by atoms with Gasteiger partial charge in [-0.2, -0.15) is 5.10 Å². The zero-order chi connectivity index (χ0) is 18.3. The molecule has 2 heterocycles. The number of methoxy groups -OCH3 is 1. The van der Waals surface area contributed by atoms with Gasteiger partial charge in [-0.3, -0.25) is 9.59 Å².